The number of nitrogens with one attached hydrogen (secondary N) is 1. The minimum absolute atomic E-state index is 0.00602. The topological polar surface area (TPSA) is 126 Å². The van der Waals surface area contributed by atoms with Crippen molar-refractivity contribution in [2.75, 3.05) is 20.0 Å². The van der Waals surface area contributed by atoms with Crippen LogP contribution < -0.4 is 19.9 Å². The molecule has 0 saturated carbocycles. The van der Waals surface area contributed by atoms with Gasteiger partial charge >= 0.3 is 0 Å². The van der Waals surface area contributed by atoms with E-state index in [1.165, 1.54) is 23.9 Å². The predicted octanol–water partition coefficient (Wildman–Crippen LogP) is 3.08. The van der Waals surface area contributed by atoms with Crippen LogP contribution in [0.15, 0.2) is 46.5 Å². The van der Waals surface area contributed by atoms with Gasteiger partial charge in [-0.05, 0) is 49.7 Å². The number of aryl methyl sites for hydroxylation is 1. The fourth-order valence-corrected chi connectivity index (χ4v) is 4.87. The number of carbonyl (C=O) groups excluding carboxylic acids is 1. The van der Waals surface area contributed by atoms with Crippen LogP contribution in [0.25, 0.3) is 11.0 Å². The largest absolute Gasteiger partial charge is 0.497 e. The monoisotopic (exact) mass is 492 g/mol. The highest BCUT2D eigenvalue weighted by Gasteiger charge is 2.18. The van der Waals surface area contributed by atoms with Gasteiger partial charge in [-0.1, -0.05) is 18.7 Å². The van der Waals surface area contributed by atoms with E-state index in [4.69, 9.17) is 14.6 Å². The number of carbonyl (C=O) groups is 1. The third-order valence-corrected chi connectivity index (χ3v) is 6.96. The minimum Gasteiger partial charge on any atom is -0.497 e. The Morgan fingerprint density at radius 3 is 2.61 bits per heavy atom. The third kappa shape index (κ3) is 5.79. The smallest absolute Gasteiger partial charge is 0.238 e. The Hall–Kier alpha value is -2.76. The van der Waals surface area contributed by atoms with Gasteiger partial charge in [0.1, 0.15) is 11.5 Å². The minimum atomic E-state index is -3.83. The number of sulfonamides is 1. The van der Waals surface area contributed by atoms with Gasteiger partial charge in [-0.3, -0.25) is 4.79 Å². The first-order valence-corrected chi connectivity index (χ1v) is 12.9. The van der Waals surface area contributed by atoms with Gasteiger partial charge in [0.15, 0.2) is 5.16 Å². The van der Waals surface area contributed by atoms with E-state index in [0.717, 1.165) is 17.5 Å². The Kier molecular flexibility index (Phi) is 7.88. The van der Waals surface area contributed by atoms with E-state index < -0.39 is 10.0 Å². The normalized spacial score (nSPS) is 12.5. The number of aromatic nitrogens is 2. The summed E-state index contributed by atoms with van der Waals surface area (Å²) in [6.07, 6.45) is 0.856. The lowest BCUT2D eigenvalue weighted by Gasteiger charge is -2.18. The van der Waals surface area contributed by atoms with Gasteiger partial charge in [-0.15, -0.1) is 0 Å². The number of benzene rings is 2. The average molecular weight is 493 g/mol. The summed E-state index contributed by atoms with van der Waals surface area (Å²) in [5.41, 5.74) is 2.12. The SMILES string of the molecule is CCCn1c(SCC(=O)NC(C)c2cc(OC)ccc2OC)nc2cc(S(N)(=O)=O)ccc21. The molecule has 1 amide bonds. The average Bonchev–Trinajstić information content (AvgIpc) is 3.13. The molecular formula is C22H28N4O5S2. The second kappa shape index (κ2) is 10.4. The van der Waals surface area contributed by atoms with Crippen LogP contribution in [0.2, 0.25) is 0 Å². The molecule has 2 aromatic carbocycles. The Morgan fingerprint density at radius 1 is 1.21 bits per heavy atom. The Bertz CT molecular complexity index is 1260. The predicted molar refractivity (Wildman–Crippen MR) is 128 cm³/mol. The molecule has 9 nitrogen and oxygen atoms in total. The highest BCUT2D eigenvalue weighted by atomic mass is 32.2. The molecule has 1 atom stereocenters. The van der Waals surface area contributed by atoms with Crippen LogP contribution in [0.5, 0.6) is 11.5 Å². The highest BCUT2D eigenvalue weighted by Crippen LogP contribution is 2.30. The number of hydrogen-bond donors (Lipinski definition) is 2. The number of nitrogens with two attached hydrogens (primary N) is 1. The van der Waals surface area contributed by atoms with Crippen LogP contribution in [-0.2, 0) is 21.4 Å². The van der Waals surface area contributed by atoms with Gasteiger partial charge in [0, 0.05) is 12.1 Å². The van der Waals surface area contributed by atoms with E-state index in [1.54, 1.807) is 32.4 Å². The summed E-state index contributed by atoms with van der Waals surface area (Å²) in [4.78, 5) is 17.2. The van der Waals surface area contributed by atoms with Crippen molar-refractivity contribution in [2.24, 2.45) is 5.14 Å². The Labute approximate surface area is 197 Å². The van der Waals surface area contributed by atoms with E-state index >= 15 is 0 Å². The molecule has 178 valence electrons. The maximum Gasteiger partial charge on any atom is 0.238 e. The number of methoxy groups -OCH3 is 2. The maximum atomic E-state index is 12.7. The molecule has 33 heavy (non-hydrogen) atoms. The molecule has 0 aliphatic heterocycles. The summed E-state index contributed by atoms with van der Waals surface area (Å²) in [5, 5.41) is 8.86. The molecule has 0 bridgehead atoms. The molecule has 0 spiro atoms. The number of nitrogens with zero attached hydrogens (tertiary/aromatic N) is 2. The second-order valence-electron chi connectivity index (χ2n) is 7.43. The molecule has 11 heteroatoms. The third-order valence-electron chi connectivity index (χ3n) is 5.07. The van der Waals surface area contributed by atoms with Crippen molar-refractivity contribution < 1.29 is 22.7 Å². The fraction of sp³-hybridized carbons (Fsp3) is 0.364. The summed E-state index contributed by atoms with van der Waals surface area (Å²) >= 11 is 1.29. The molecule has 1 heterocycles. The van der Waals surface area contributed by atoms with E-state index in [0.29, 0.717) is 28.7 Å². The van der Waals surface area contributed by atoms with Gasteiger partial charge in [0.05, 0.1) is 41.9 Å². The lowest BCUT2D eigenvalue weighted by Crippen LogP contribution is -2.28. The molecule has 3 N–H and O–H groups in total. The summed E-state index contributed by atoms with van der Waals surface area (Å²) in [6, 6.07) is 9.75. The lowest BCUT2D eigenvalue weighted by atomic mass is 10.1. The molecule has 3 aromatic rings. The first kappa shape index (κ1) is 24.9. The summed E-state index contributed by atoms with van der Waals surface area (Å²) in [5.74, 6) is 1.31. The van der Waals surface area contributed by atoms with E-state index in [-0.39, 0.29) is 22.6 Å². The molecule has 0 fully saturated rings. The molecule has 0 aliphatic carbocycles. The van der Waals surface area contributed by atoms with Crippen LogP contribution >= 0.6 is 11.8 Å². The van der Waals surface area contributed by atoms with Gasteiger partial charge in [0.2, 0.25) is 15.9 Å². The molecule has 0 saturated heterocycles. The van der Waals surface area contributed by atoms with E-state index in [1.807, 2.05) is 24.5 Å². The van der Waals surface area contributed by atoms with E-state index in [2.05, 4.69) is 10.3 Å². The zero-order chi connectivity index (χ0) is 24.2. The van der Waals surface area contributed by atoms with Crippen molar-refractivity contribution in [1.82, 2.24) is 14.9 Å². The Morgan fingerprint density at radius 2 is 1.97 bits per heavy atom. The van der Waals surface area contributed by atoms with Crippen molar-refractivity contribution in [1.29, 1.82) is 0 Å². The van der Waals surface area contributed by atoms with Crippen molar-refractivity contribution in [3.05, 3.63) is 42.0 Å². The highest BCUT2D eigenvalue weighted by molar-refractivity contribution is 7.99. The van der Waals surface area contributed by atoms with Crippen molar-refractivity contribution in [3.63, 3.8) is 0 Å². The van der Waals surface area contributed by atoms with Crippen LogP contribution in [0.3, 0.4) is 0 Å². The molecule has 1 aromatic heterocycles. The van der Waals surface area contributed by atoms with Crippen molar-refractivity contribution >= 4 is 38.7 Å². The van der Waals surface area contributed by atoms with Gasteiger partial charge in [0.25, 0.3) is 0 Å². The van der Waals surface area contributed by atoms with Crippen LogP contribution in [-0.4, -0.2) is 43.8 Å². The second-order valence-corrected chi connectivity index (χ2v) is 9.93. The van der Waals surface area contributed by atoms with Crippen molar-refractivity contribution in [2.45, 2.75) is 42.9 Å². The number of ether oxygens (including phenoxy) is 2. The fourth-order valence-electron chi connectivity index (χ4n) is 3.48. The number of thioether (sulfide) groups is 1. The standard InChI is InChI=1S/C22H28N4O5S2/c1-5-10-26-19-8-7-16(33(23,28)29)12-18(19)25-22(26)32-13-21(27)24-14(2)17-11-15(30-3)6-9-20(17)31-4/h6-9,11-12,14H,5,10,13H2,1-4H3,(H,24,27)(H2,23,28,29). The molecule has 0 aliphatic rings. The number of primary sulfonamides is 1. The molecule has 1 unspecified atom stereocenters. The first-order valence-electron chi connectivity index (χ1n) is 10.3. The number of rotatable bonds is 10. The van der Waals surface area contributed by atoms with Crippen LogP contribution in [0, 0.1) is 0 Å². The van der Waals surface area contributed by atoms with Gasteiger partial charge < -0.3 is 19.4 Å². The zero-order valence-electron chi connectivity index (χ0n) is 19.0. The van der Waals surface area contributed by atoms with Crippen molar-refractivity contribution in [3.8, 4) is 11.5 Å². The lowest BCUT2D eigenvalue weighted by molar-refractivity contribution is -0.119. The maximum absolute atomic E-state index is 12.7. The summed E-state index contributed by atoms with van der Waals surface area (Å²) in [6.45, 7) is 4.60. The number of imidazole rings is 1. The number of fused-ring (bicyclic) bond motifs is 1. The van der Waals surface area contributed by atoms with Crippen LogP contribution in [0.1, 0.15) is 31.9 Å². The van der Waals surface area contributed by atoms with Gasteiger partial charge in [-0.25, -0.2) is 18.5 Å². The summed E-state index contributed by atoms with van der Waals surface area (Å²) in [7, 11) is -0.664. The Balaban J connectivity index is 1.77. The van der Waals surface area contributed by atoms with Crippen LogP contribution in [0.4, 0.5) is 0 Å². The van der Waals surface area contributed by atoms with E-state index in [9.17, 15) is 13.2 Å². The molecule has 0 radical (unpaired) electrons. The number of hydrogen-bond acceptors (Lipinski definition) is 7. The van der Waals surface area contributed by atoms with Gasteiger partial charge in [-0.2, -0.15) is 0 Å². The summed E-state index contributed by atoms with van der Waals surface area (Å²) < 4.78 is 36.0. The molecular weight excluding hydrogens is 464 g/mol. The zero-order valence-corrected chi connectivity index (χ0v) is 20.6. The first-order chi connectivity index (χ1) is 15.7. The quantitative estimate of drug-likeness (QED) is 0.417. The number of amides is 1. The molecule has 3 rings (SSSR count).